The van der Waals surface area contributed by atoms with Crippen molar-refractivity contribution in [3.63, 3.8) is 0 Å². The molecule has 2 aromatic rings. The Labute approximate surface area is 137 Å². The summed E-state index contributed by atoms with van der Waals surface area (Å²) >= 11 is 5.64. The van der Waals surface area contributed by atoms with E-state index in [1.165, 1.54) is 18.2 Å². The third-order valence-electron chi connectivity index (χ3n) is 3.41. The van der Waals surface area contributed by atoms with Crippen LogP contribution in [0.15, 0.2) is 22.7 Å². The zero-order valence-electron chi connectivity index (χ0n) is 12.4. The summed E-state index contributed by atoms with van der Waals surface area (Å²) in [5.41, 5.74) is 0. The summed E-state index contributed by atoms with van der Waals surface area (Å²) in [7, 11) is 0. The van der Waals surface area contributed by atoms with E-state index < -0.39 is 11.9 Å². The first-order valence-electron chi connectivity index (χ1n) is 7.23. The Kier molecular flexibility index (Phi) is 4.47. The Morgan fingerprint density at radius 3 is 3.04 bits per heavy atom. The summed E-state index contributed by atoms with van der Waals surface area (Å²) in [6.07, 6.45) is 2.15. The summed E-state index contributed by atoms with van der Waals surface area (Å²) in [5.74, 6) is 0.863. The van der Waals surface area contributed by atoms with Gasteiger partial charge in [0.1, 0.15) is 17.6 Å². The minimum Gasteiger partial charge on any atom is -0.484 e. The number of aromatic nitrogens is 2. The van der Waals surface area contributed by atoms with Crippen LogP contribution in [-0.4, -0.2) is 22.7 Å². The van der Waals surface area contributed by atoms with Crippen molar-refractivity contribution in [2.45, 2.75) is 31.7 Å². The number of amides is 1. The van der Waals surface area contributed by atoms with E-state index in [2.05, 4.69) is 15.5 Å². The molecule has 1 aliphatic carbocycles. The predicted octanol–water partition coefficient (Wildman–Crippen LogP) is 3.00. The van der Waals surface area contributed by atoms with Gasteiger partial charge >= 0.3 is 0 Å². The smallest absolute Gasteiger partial charge is 0.258 e. The van der Waals surface area contributed by atoms with E-state index in [1.807, 2.05) is 0 Å². The minimum atomic E-state index is -0.542. The maximum atomic E-state index is 13.0. The maximum Gasteiger partial charge on any atom is 0.258 e. The number of halogens is 2. The molecule has 122 valence electrons. The number of nitrogens with one attached hydrogen (secondary N) is 1. The molecule has 0 radical (unpaired) electrons. The van der Waals surface area contributed by atoms with Gasteiger partial charge in [-0.3, -0.25) is 4.79 Å². The lowest BCUT2D eigenvalue weighted by atomic mass is 10.3. The molecule has 0 aliphatic heterocycles. The van der Waals surface area contributed by atoms with Gasteiger partial charge in [-0.05, 0) is 31.9 Å². The SMILES string of the molecule is C[C@@H](NC(=O)COc1ccc(F)c(Cl)c1)c1nc(C2CC2)no1. The molecular weight excluding hydrogens is 325 g/mol. The molecule has 8 heteroatoms. The van der Waals surface area contributed by atoms with Crippen LogP contribution in [0.25, 0.3) is 0 Å². The van der Waals surface area contributed by atoms with Crippen LogP contribution in [0.4, 0.5) is 4.39 Å². The fraction of sp³-hybridized carbons (Fsp3) is 0.400. The average molecular weight is 340 g/mol. The number of rotatable bonds is 6. The fourth-order valence-electron chi connectivity index (χ4n) is 1.99. The first kappa shape index (κ1) is 15.7. The van der Waals surface area contributed by atoms with Gasteiger partial charge in [-0.2, -0.15) is 4.98 Å². The monoisotopic (exact) mass is 339 g/mol. The summed E-state index contributed by atoms with van der Waals surface area (Å²) in [4.78, 5) is 16.1. The minimum absolute atomic E-state index is 0.0604. The molecule has 1 heterocycles. The molecule has 1 aromatic carbocycles. The molecule has 0 unspecified atom stereocenters. The molecule has 0 saturated heterocycles. The van der Waals surface area contributed by atoms with E-state index >= 15 is 0 Å². The molecule has 6 nitrogen and oxygen atoms in total. The largest absolute Gasteiger partial charge is 0.484 e. The highest BCUT2D eigenvalue weighted by Gasteiger charge is 2.29. The highest BCUT2D eigenvalue weighted by molar-refractivity contribution is 6.30. The van der Waals surface area contributed by atoms with Crippen molar-refractivity contribution in [1.82, 2.24) is 15.5 Å². The molecule has 1 saturated carbocycles. The molecule has 1 N–H and O–H groups in total. The molecular formula is C15H15ClFN3O3. The van der Waals surface area contributed by atoms with Crippen LogP contribution in [0, 0.1) is 5.82 Å². The number of hydrogen-bond donors (Lipinski definition) is 1. The van der Waals surface area contributed by atoms with E-state index in [-0.39, 0.29) is 17.5 Å². The third-order valence-corrected chi connectivity index (χ3v) is 3.70. The Morgan fingerprint density at radius 2 is 2.35 bits per heavy atom. The number of nitrogens with zero attached hydrogens (tertiary/aromatic N) is 2. The van der Waals surface area contributed by atoms with Crippen molar-refractivity contribution >= 4 is 17.5 Å². The van der Waals surface area contributed by atoms with Gasteiger partial charge in [-0.25, -0.2) is 4.39 Å². The lowest BCUT2D eigenvalue weighted by molar-refractivity contribution is -0.123. The van der Waals surface area contributed by atoms with E-state index in [1.54, 1.807) is 6.92 Å². The number of carbonyl (C=O) groups excluding carboxylic acids is 1. The molecule has 1 atom stereocenters. The van der Waals surface area contributed by atoms with Crippen molar-refractivity contribution < 1.29 is 18.4 Å². The molecule has 23 heavy (non-hydrogen) atoms. The highest BCUT2D eigenvalue weighted by Crippen LogP contribution is 2.38. The molecule has 1 aromatic heterocycles. The predicted molar refractivity (Wildman–Crippen MR) is 79.7 cm³/mol. The van der Waals surface area contributed by atoms with Gasteiger partial charge in [0.05, 0.1) is 5.02 Å². The summed E-state index contributed by atoms with van der Waals surface area (Å²) in [6, 6.07) is 3.48. The first-order chi connectivity index (χ1) is 11.0. The van der Waals surface area contributed by atoms with E-state index in [4.69, 9.17) is 20.9 Å². The van der Waals surface area contributed by atoms with Gasteiger partial charge in [-0.15, -0.1) is 0 Å². The topological polar surface area (TPSA) is 77.2 Å². The van der Waals surface area contributed by atoms with Gasteiger partial charge in [0.2, 0.25) is 5.89 Å². The van der Waals surface area contributed by atoms with E-state index in [9.17, 15) is 9.18 Å². The van der Waals surface area contributed by atoms with Crippen LogP contribution < -0.4 is 10.1 Å². The first-order valence-corrected chi connectivity index (χ1v) is 7.61. The molecule has 1 fully saturated rings. The zero-order valence-corrected chi connectivity index (χ0v) is 13.1. The van der Waals surface area contributed by atoms with Crippen LogP contribution in [0.3, 0.4) is 0 Å². The van der Waals surface area contributed by atoms with Gasteiger partial charge < -0.3 is 14.6 Å². The number of benzene rings is 1. The van der Waals surface area contributed by atoms with Crippen molar-refractivity contribution in [2.75, 3.05) is 6.61 Å². The number of ether oxygens (including phenoxy) is 1. The second-order valence-electron chi connectivity index (χ2n) is 5.42. The van der Waals surface area contributed by atoms with E-state index in [0.29, 0.717) is 23.4 Å². The van der Waals surface area contributed by atoms with Gasteiger partial charge in [0.15, 0.2) is 12.4 Å². The molecule has 0 bridgehead atoms. The number of hydrogen-bond acceptors (Lipinski definition) is 5. The Hall–Kier alpha value is -2.15. The lowest BCUT2D eigenvalue weighted by Gasteiger charge is -2.11. The number of carbonyl (C=O) groups is 1. The Morgan fingerprint density at radius 1 is 1.57 bits per heavy atom. The quantitative estimate of drug-likeness (QED) is 0.875. The summed E-state index contributed by atoms with van der Waals surface area (Å²) < 4.78 is 23.4. The van der Waals surface area contributed by atoms with Crippen LogP contribution in [0.5, 0.6) is 5.75 Å². The zero-order chi connectivity index (χ0) is 16.4. The lowest BCUT2D eigenvalue weighted by Crippen LogP contribution is -2.31. The summed E-state index contributed by atoms with van der Waals surface area (Å²) in [6.45, 7) is 1.52. The van der Waals surface area contributed by atoms with Crippen LogP contribution >= 0.6 is 11.6 Å². The second kappa shape index (κ2) is 6.54. The van der Waals surface area contributed by atoms with Crippen LogP contribution in [0.1, 0.15) is 43.4 Å². The van der Waals surface area contributed by atoms with E-state index in [0.717, 1.165) is 12.8 Å². The highest BCUT2D eigenvalue weighted by atomic mass is 35.5. The Bertz CT molecular complexity index is 718. The van der Waals surface area contributed by atoms with Gasteiger partial charge in [0.25, 0.3) is 5.91 Å². The van der Waals surface area contributed by atoms with Gasteiger partial charge in [0, 0.05) is 12.0 Å². The standard InChI is InChI=1S/C15H15ClFN3O3/c1-8(15-19-14(20-23-15)9-2-3-9)18-13(21)7-22-10-4-5-12(17)11(16)6-10/h4-6,8-9H,2-3,7H2,1H3,(H,18,21)/t8-/m1/s1. The maximum absolute atomic E-state index is 13.0. The molecule has 1 amide bonds. The van der Waals surface area contributed by atoms with Crippen LogP contribution in [0.2, 0.25) is 5.02 Å². The Balaban J connectivity index is 1.50. The third kappa shape index (κ3) is 3.98. The average Bonchev–Trinajstić information content (AvgIpc) is 3.25. The van der Waals surface area contributed by atoms with Crippen molar-refractivity contribution in [2.24, 2.45) is 0 Å². The van der Waals surface area contributed by atoms with Gasteiger partial charge in [-0.1, -0.05) is 16.8 Å². The van der Waals surface area contributed by atoms with Crippen molar-refractivity contribution in [1.29, 1.82) is 0 Å². The molecule has 3 rings (SSSR count). The molecule has 1 aliphatic rings. The fourth-order valence-corrected chi connectivity index (χ4v) is 2.16. The van der Waals surface area contributed by atoms with Crippen LogP contribution in [-0.2, 0) is 4.79 Å². The summed E-state index contributed by atoms with van der Waals surface area (Å²) in [5, 5.41) is 6.54. The second-order valence-corrected chi connectivity index (χ2v) is 5.83. The molecule has 0 spiro atoms. The van der Waals surface area contributed by atoms with Crippen molar-refractivity contribution in [3.05, 3.63) is 40.8 Å². The van der Waals surface area contributed by atoms with Crippen molar-refractivity contribution in [3.8, 4) is 5.75 Å². The normalized spacial score (nSPS) is 15.3.